The lowest BCUT2D eigenvalue weighted by Crippen LogP contribution is -2.13. The summed E-state index contributed by atoms with van der Waals surface area (Å²) >= 11 is 6.97. The van der Waals surface area contributed by atoms with Crippen molar-refractivity contribution in [1.29, 1.82) is 0 Å². The molecule has 0 unspecified atom stereocenters. The fraction of sp³-hybridized carbons (Fsp3) is 0.267. The number of hydrogen-bond acceptors (Lipinski definition) is 4. The molecule has 9 heteroatoms. The van der Waals surface area contributed by atoms with E-state index in [1.807, 2.05) is 0 Å². The molecule has 1 aliphatic heterocycles. The van der Waals surface area contributed by atoms with E-state index < -0.39 is 17.6 Å². The Balaban J connectivity index is 1.80. The van der Waals surface area contributed by atoms with E-state index in [4.69, 9.17) is 21.1 Å². The highest BCUT2D eigenvalue weighted by atomic mass is 35.5. The maximum absolute atomic E-state index is 13.7. The van der Waals surface area contributed by atoms with Crippen molar-refractivity contribution in [2.24, 2.45) is 0 Å². The first-order valence-electron chi connectivity index (χ1n) is 6.72. The van der Waals surface area contributed by atoms with Crippen LogP contribution in [0.15, 0.2) is 29.4 Å². The number of hydrogen-bond donors (Lipinski definition) is 0. The van der Waals surface area contributed by atoms with Crippen LogP contribution in [0.3, 0.4) is 0 Å². The molecule has 24 heavy (non-hydrogen) atoms. The summed E-state index contributed by atoms with van der Waals surface area (Å²) < 4.78 is 62.0. The molecule has 0 radical (unpaired) electrons. The molecule has 128 valence electrons. The third-order valence-corrected chi connectivity index (χ3v) is 4.71. The molecule has 2 heterocycles. The normalized spacial score (nSPS) is 14.2. The van der Waals surface area contributed by atoms with Gasteiger partial charge in [-0.1, -0.05) is 11.6 Å². The molecule has 0 aliphatic carbocycles. The molecule has 0 saturated carbocycles. The van der Waals surface area contributed by atoms with Gasteiger partial charge in [0, 0.05) is 23.1 Å². The maximum atomic E-state index is 13.7. The second-order valence-corrected chi connectivity index (χ2v) is 6.33. The van der Waals surface area contributed by atoms with Gasteiger partial charge in [-0.05, 0) is 18.2 Å². The lowest BCUT2D eigenvalue weighted by molar-refractivity contribution is -0.137. The van der Waals surface area contributed by atoms with Gasteiger partial charge in [-0.15, -0.1) is 11.8 Å². The maximum Gasteiger partial charge on any atom is 0.417 e. The Kier molecular flexibility index (Phi) is 4.89. The van der Waals surface area contributed by atoms with E-state index in [9.17, 15) is 17.6 Å². The van der Waals surface area contributed by atoms with E-state index in [1.54, 1.807) is 0 Å². The van der Waals surface area contributed by atoms with Gasteiger partial charge in [0.1, 0.15) is 16.6 Å². The smallest absolute Gasteiger partial charge is 0.417 e. The second kappa shape index (κ2) is 6.78. The van der Waals surface area contributed by atoms with E-state index in [0.717, 1.165) is 24.0 Å². The third kappa shape index (κ3) is 3.76. The summed E-state index contributed by atoms with van der Waals surface area (Å²) in [5.74, 6) is 0.334. The van der Waals surface area contributed by atoms with E-state index in [2.05, 4.69) is 4.98 Å². The molecule has 1 aliphatic rings. The molecular weight excluding hydrogens is 370 g/mol. The molecule has 0 fully saturated rings. The van der Waals surface area contributed by atoms with Gasteiger partial charge in [0.25, 0.3) is 0 Å². The molecule has 0 N–H and O–H groups in total. The fourth-order valence-corrected chi connectivity index (χ4v) is 3.36. The van der Waals surface area contributed by atoms with Gasteiger partial charge in [0.15, 0.2) is 6.79 Å². The Hall–Kier alpha value is -1.51. The van der Waals surface area contributed by atoms with Crippen LogP contribution in [0.4, 0.5) is 17.6 Å². The third-order valence-electron chi connectivity index (χ3n) is 3.25. The predicted octanol–water partition coefficient (Wildman–Crippen LogP) is 5.05. The Bertz CT molecular complexity index is 770. The lowest BCUT2D eigenvalue weighted by Gasteiger charge is -2.20. The number of alkyl halides is 3. The highest BCUT2D eigenvalue weighted by Crippen LogP contribution is 2.37. The van der Waals surface area contributed by atoms with Crippen molar-refractivity contribution in [3.63, 3.8) is 0 Å². The lowest BCUT2D eigenvalue weighted by atomic mass is 10.1. The van der Waals surface area contributed by atoms with Gasteiger partial charge in [0.2, 0.25) is 0 Å². The van der Waals surface area contributed by atoms with Crippen molar-refractivity contribution < 1.29 is 27.0 Å². The van der Waals surface area contributed by atoms with Crippen LogP contribution in [-0.4, -0.2) is 11.8 Å². The summed E-state index contributed by atoms with van der Waals surface area (Å²) in [5, 5.41) is 0.124. The molecule has 3 nitrogen and oxygen atoms in total. The van der Waals surface area contributed by atoms with Crippen LogP contribution in [0.2, 0.25) is 5.02 Å². The average molecular weight is 380 g/mol. The van der Waals surface area contributed by atoms with Crippen LogP contribution < -0.4 is 4.74 Å². The Morgan fingerprint density at radius 3 is 2.75 bits per heavy atom. The molecule has 3 rings (SSSR count). The molecule has 0 amide bonds. The van der Waals surface area contributed by atoms with Crippen molar-refractivity contribution >= 4 is 23.4 Å². The highest BCUT2D eigenvalue weighted by molar-refractivity contribution is 7.98. The highest BCUT2D eigenvalue weighted by Gasteiger charge is 2.31. The van der Waals surface area contributed by atoms with Gasteiger partial charge in [-0.25, -0.2) is 9.37 Å². The van der Waals surface area contributed by atoms with Crippen LogP contribution in [0.1, 0.15) is 16.7 Å². The van der Waals surface area contributed by atoms with Crippen molar-refractivity contribution in [3.05, 3.63) is 51.9 Å². The van der Waals surface area contributed by atoms with Crippen molar-refractivity contribution in [2.75, 3.05) is 6.79 Å². The fourth-order valence-electron chi connectivity index (χ4n) is 2.20. The van der Waals surface area contributed by atoms with Crippen LogP contribution in [-0.2, 0) is 23.3 Å². The largest absolute Gasteiger partial charge is 0.467 e. The van der Waals surface area contributed by atoms with Gasteiger partial charge < -0.3 is 9.47 Å². The van der Waals surface area contributed by atoms with Crippen LogP contribution in [0.25, 0.3) is 0 Å². The minimum absolute atomic E-state index is 0.0651. The zero-order chi connectivity index (χ0) is 17.3. The predicted molar refractivity (Wildman–Crippen MR) is 80.5 cm³/mol. The molecule has 2 aromatic rings. The number of benzene rings is 1. The topological polar surface area (TPSA) is 31.4 Å². The number of ether oxygens (including phenoxy) is 2. The minimum atomic E-state index is -4.50. The first-order valence-corrected chi connectivity index (χ1v) is 8.08. The van der Waals surface area contributed by atoms with E-state index in [0.29, 0.717) is 16.9 Å². The summed E-state index contributed by atoms with van der Waals surface area (Å²) in [4.78, 5) is 3.75. The van der Waals surface area contributed by atoms with Gasteiger partial charge in [0.05, 0.1) is 17.2 Å². The van der Waals surface area contributed by atoms with E-state index in [1.165, 1.54) is 12.1 Å². The Labute approximate surface area is 143 Å². The van der Waals surface area contributed by atoms with Crippen LogP contribution in [0, 0.1) is 5.82 Å². The number of aromatic nitrogens is 1. The standard InChI is InChI=1S/C15H10ClF4NO2S/c16-12-3-10(15(18,19)20)4-21-14(12)24-6-9-2-11(17)1-8-5-22-7-23-13(8)9/h1-4H,5-7H2. The minimum Gasteiger partial charge on any atom is -0.467 e. The van der Waals surface area contributed by atoms with Crippen LogP contribution >= 0.6 is 23.4 Å². The Morgan fingerprint density at radius 1 is 1.25 bits per heavy atom. The zero-order valence-corrected chi connectivity index (χ0v) is 13.6. The van der Waals surface area contributed by atoms with Gasteiger partial charge >= 0.3 is 6.18 Å². The number of pyridine rings is 1. The zero-order valence-electron chi connectivity index (χ0n) is 12.0. The molecular formula is C15H10ClF4NO2S. The summed E-state index contributed by atoms with van der Waals surface area (Å²) in [6, 6.07) is 3.46. The molecule has 0 spiro atoms. The van der Waals surface area contributed by atoms with Gasteiger partial charge in [-0.3, -0.25) is 0 Å². The average Bonchev–Trinajstić information content (AvgIpc) is 2.52. The molecule has 0 atom stereocenters. The van der Waals surface area contributed by atoms with Crippen molar-refractivity contribution in [3.8, 4) is 5.75 Å². The molecule has 0 saturated heterocycles. The molecule has 1 aromatic carbocycles. The first kappa shape index (κ1) is 17.3. The van der Waals surface area contributed by atoms with Gasteiger partial charge in [-0.2, -0.15) is 13.2 Å². The first-order chi connectivity index (χ1) is 11.3. The number of halogens is 5. The summed E-state index contributed by atoms with van der Waals surface area (Å²) in [6.45, 7) is 0.305. The quantitative estimate of drug-likeness (QED) is 0.551. The summed E-state index contributed by atoms with van der Waals surface area (Å²) in [7, 11) is 0. The SMILES string of the molecule is Fc1cc2c(c(CSc3ncc(C(F)(F)F)cc3Cl)c1)OCOC2. The molecule has 0 bridgehead atoms. The number of nitrogens with zero attached hydrogens (tertiary/aromatic N) is 1. The van der Waals surface area contributed by atoms with Crippen molar-refractivity contribution in [2.45, 2.75) is 23.6 Å². The van der Waals surface area contributed by atoms with E-state index in [-0.39, 0.29) is 29.2 Å². The number of fused-ring (bicyclic) bond motifs is 1. The second-order valence-electron chi connectivity index (χ2n) is 4.96. The molecule has 1 aromatic heterocycles. The Morgan fingerprint density at radius 2 is 2.04 bits per heavy atom. The van der Waals surface area contributed by atoms with Crippen LogP contribution in [0.5, 0.6) is 5.75 Å². The monoisotopic (exact) mass is 379 g/mol. The van der Waals surface area contributed by atoms with Crippen molar-refractivity contribution in [1.82, 2.24) is 4.98 Å². The summed E-state index contributed by atoms with van der Waals surface area (Å²) in [6.07, 6.45) is -3.78. The van der Waals surface area contributed by atoms with E-state index >= 15 is 0 Å². The number of thioether (sulfide) groups is 1. The summed E-state index contributed by atoms with van der Waals surface area (Å²) in [5.41, 5.74) is 0.236. The number of rotatable bonds is 3.